The van der Waals surface area contributed by atoms with E-state index in [4.69, 9.17) is 9.47 Å². The summed E-state index contributed by atoms with van der Waals surface area (Å²) in [6, 6.07) is 14.6. The second-order valence-electron chi connectivity index (χ2n) is 8.43. The van der Waals surface area contributed by atoms with E-state index in [1.807, 2.05) is 31.2 Å². The van der Waals surface area contributed by atoms with E-state index in [9.17, 15) is 9.59 Å². The molecule has 0 saturated heterocycles. The Morgan fingerprint density at radius 1 is 1.03 bits per heavy atom. The molecular formula is C26H34N2O4. The highest BCUT2D eigenvalue weighted by Crippen LogP contribution is 2.20. The molecule has 0 spiro atoms. The van der Waals surface area contributed by atoms with Crippen LogP contribution in [0.3, 0.4) is 0 Å². The number of benzene rings is 2. The number of hydrogen-bond acceptors (Lipinski definition) is 4. The zero-order valence-corrected chi connectivity index (χ0v) is 19.3. The number of hydrogen-bond donors (Lipinski definition) is 1. The molecule has 32 heavy (non-hydrogen) atoms. The molecule has 3 rings (SSSR count). The van der Waals surface area contributed by atoms with Crippen molar-refractivity contribution in [1.82, 2.24) is 10.2 Å². The fraction of sp³-hybridized carbons (Fsp3) is 0.462. The maximum Gasteiger partial charge on any atom is 0.261 e. The van der Waals surface area contributed by atoms with E-state index >= 15 is 0 Å². The summed E-state index contributed by atoms with van der Waals surface area (Å²) in [5.41, 5.74) is 2.10. The third-order valence-corrected chi connectivity index (χ3v) is 6.14. The fourth-order valence-corrected chi connectivity index (χ4v) is 4.02. The number of methoxy groups -OCH3 is 1. The summed E-state index contributed by atoms with van der Waals surface area (Å²) in [5.74, 6) is 0.964. The number of rotatable bonds is 9. The van der Waals surface area contributed by atoms with E-state index in [1.165, 1.54) is 6.42 Å². The summed E-state index contributed by atoms with van der Waals surface area (Å²) in [5, 5.41) is 3.15. The molecule has 1 saturated carbocycles. The number of ether oxygens (including phenoxy) is 2. The standard InChI is InChI=1S/C26H34N2O4/c1-19-9-7-8-10-21(19)17-28(20(2)26(30)27-22-11-5-4-6-12-22)25(29)18-32-24-15-13-23(31-3)14-16-24/h7-10,13-16,20,22H,4-6,11-12,17-18H2,1-3H3,(H,27,30)/t20-/m0/s1. The molecule has 6 heteroatoms. The maximum absolute atomic E-state index is 13.2. The molecule has 2 aromatic rings. The summed E-state index contributed by atoms with van der Waals surface area (Å²) >= 11 is 0. The van der Waals surface area contributed by atoms with Crippen molar-refractivity contribution in [2.45, 2.75) is 64.6 Å². The smallest absolute Gasteiger partial charge is 0.261 e. The molecule has 2 aromatic carbocycles. The molecule has 0 aromatic heterocycles. The van der Waals surface area contributed by atoms with Crippen molar-refractivity contribution in [3.05, 3.63) is 59.7 Å². The van der Waals surface area contributed by atoms with Crippen molar-refractivity contribution in [1.29, 1.82) is 0 Å². The van der Waals surface area contributed by atoms with Gasteiger partial charge in [0.25, 0.3) is 5.91 Å². The minimum Gasteiger partial charge on any atom is -0.497 e. The Morgan fingerprint density at radius 2 is 1.69 bits per heavy atom. The Hall–Kier alpha value is -3.02. The highest BCUT2D eigenvalue weighted by atomic mass is 16.5. The molecule has 1 N–H and O–H groups in total. The molecule has 0 heterocycles. The lowest BCUT2D eigenvalue weighted by Gasteiger charge is -2.31. The molecule has 0 radical (unpaired) electrons. The Bertz CT molecular complexity index is 891. The van der Waals surface area contributed by atoms with Crippen LogP contribution in [0.2, 0.25) is 0 Å². The van der Waals surface area contributed by atoms with Crippen molar-refractivity contribution in [2.24, 2.45) is 0 Å². The normalized spacial score (nSPS) is 15.0. The molecular weight excluding hydrogens is 404 g/mol. The highest BCUT2D eigenvalue weighted by Gasteiger charge is 2.28. The molecule has 172 valence electrons. The van der Waals surface area contributed by atoms with Gasteiger partial charge in [-0.05, 0) is 62.1 Å². The van der Waals surface area contributed by atoms with Gasteiger partial charge in [-0.15, -0.1) is 0 Å². The van der Waals surface area contributed by atoms with Gasteiger partial charge in [-0.1, -0.05) is 43.5 Å². The van der Waals surface area contributed by atoms with Gasteiger partial charge in [-0.25, -0.2) is 0 Å². The van der Waals surface area contributed by atoms with E-state index in [-0.39, 0.29) is 24.5 Å². The zero-order valence-electron chi connectivity index (χ0n) is 19.3. The Kier molecular flexibility index (Phi) is 8.54. The van der Waals surface area contributed by atoms with Crippen LogP contribution < -0.4 is 14.8 Å². The van der Waals surface area contributed by atoms with Gasteiger partial charge in [-0.2, -0.15) is 0 Å². The fourth-order valence-electron chi connectivity index (χ4n) is 4.02. The quantitative estimate of drug-likeness (QED) is 0.636. The van der Waals surface area contributed by atoms with Gasteiger partial charge in [0, 0.05) is 12.6 Å². The second-order valence-corrected chi connectivity index (χ2v) is 8.43. The maximum atomic E-state index is 13.2. The average molecular weight is 439 g/mol. The average Bonchev–Trinajstić information content (AvgIpc) is 2.82. The van der Waals surface area contributed by atoms with E-state index < -0.39 is 6.04 Å². The molecule has 2 amide bonds. The molecule has 1 atom stereocenters. The summed E-state index contributed by atoms with van der Waals surface area (Å²) in [4.78, 5) is 27.8. The second kappa shape index (κ2) is 11.6. The predicted molar refractivity (Wildman–Crippen MR) is 125 cm³/mol. The monoisotopic (exact) mass is 438 g/mol. The first-order valence-electron chi connectivity index (χ1n) is 11.4. The number of carbonyl (C=O) groups excluding carboxylic acids is 2. The van der Waals surface area contributed by atoms with Gasteiger partial charge in [0.15, 0.2) is 6.61 Å². The van der Waals surface area contributed by atoms with Crippen molar-refractivity contribution >= 4 is 11.8 Å². The first kappa shape index (κ1) is 23.6. The van der Waals surface area contributed by atoms with Crippen LogP contribution in [0.25, 0.3) is 0 Å². The van der Waals surface area contributed by atoms with Crippen LogP contribution in [0.4, 0.5) is 0 Å². The number of amides is 2. The topological polar surface area (TPSA) is 67.9 Å². The van der Waals surface area contributed by atoms with Gasteiger partial charge < -0.3 is 19.7 Å². The Balaban J connectivity index is 1.70. The van der Waals surface area contributed by atoms with Crippen LogP contribution in [-0.4, -0.2) is 42.5 Å². The number of aryl methyl sites for hydroxylation is 1. The van der Waals surface area contributed by atoms with Crippen LogP contribution in [0.15, 0.2) is 48.5 Å². The Labute approximate surface area is 190 Å². The number of carbonyl (C=O) groups is 2. The lowest BCUT2D eigenvalue weighted by Crippen LogP contribution is -2.51. The highest BCUT2D eigenvalue weighted by molar-refractivity contribution is 5.88. The van der Waals surface area contributed by atoms with Crippen LogP contribution >= 0.6 is 0 Å². The van der Waals surface area contributed by atoms with Gasteiger partial charge in [-0.3, -0.25) is 9.59 Å². The summed E-state index contributed by atoms with van der Waals surface area (Å²) in [7, 11) is 1.60. The minimum absolute atomic E-state index is 0.108. The van der Waals surface area contributed by atoms with Gasteiger partial charge in [0.2, 0.25) is 5.91 Å². The molecule has 0 bridgehead atoms. The largest absolute Gasteiger partial charge is 0.497 e. The molecule has 1 aliphatic carbocycles. The Morgan fingerprint density at radius 3 is 2.34 bits per heavy atom. The SMILES string of the molecule is COc1ccc(OCC(=O)N(Cc2ccccc2C)[C@@H](C)C(=O)NC2CCCCC2)cc1. The van der Waals surface area contributed by atoms with Crippen LogP contribution in [0.1, 0.15) is 50.2 Å². The minimum atomic E-state index is -0.594. The van der Waals surface area contributed by atoms with Crippen molar-refractivity contribution in [3.8, 4) is 11.5 Å². The first-order valence-corrected chi connectivity index (χ1v) is 11.4. The summed E-state index contributed by atoms with van der Waals surface area (Å²) < 4.78 is 10.9. The van der Waals surface area contributed by atoms with Crippen molar-refractivity contribution < 1.29 is 19.1 Å². The number of nitrogens with zero attached hydrogens (tertiary/aromatic N) is 1. The van der Waals surface area contributed by atoms with E-state index in [2.05, 4.69) is 5.32 Å². The molecule has 1 fully saturated rings. The van der Waals surface area contributed by atoms with Gasteiger partial charge in [0.1, 0.15) is 17.5 Å². The van der Waals surface area contributed by atoms with Gasteiger partial charge in [0.05, 0.1) is 7.11 Å². The third kappa shape index (κ3) is 6.49. The van der Waals surface area contributed by atoms with E-state index in [0.29, 0.717) is 12.3 Å². The third-order valence-electron chi connectivity index (χ3n) is 6.14. The van der Waals surface area contributed by atoms with E-state index in [1.54, 1.807) is 43.2 Å². The number of nitrogens with one attached hydrogen (secondary N) is 1. The summed E-state index contributed by atoms with van der Waals surface area (Å²) in [6.45, 7) is 4.02. The first-order chi connectivity index (χ1) is 15.5. The molecule has 6 nitrogen and oxygen atoms in total. The van der Waals surface area contributed by atoms with Crippen molar-refractivity contribution in [3.63, 3.8) is 0 Å². The lowest BCUT2D eigenvalue weighted by atomic mass is 9.95. The van der Waals surface area contributed by atoms with E-state index in [0.717, 1.165) is 42.6 Å². The molecule has 1 aliphatic rings. The van der Waals surface area contributed by atoms with Crippen LogP contribution in [-0.2, 0) is 16.1 Å². The predicted octanol–water partition coefficient (Wildman–Crippen LogP) is 4.25. The zero-order chi connectivity index (χ0) is 22.9. The van der Waals surface area contributed by atoms with Gasteiger partial charge >= 0.3 is 0 Å². The lowest BCUT2D eigenvalue weighted by molar-refractivity contribution is -0.142. The molecule has 0 unspecified atom stereocenters. The van der Waals surface area contributed by atoms with Crippen LogP contribution in [0, 0.1) is 6.92 Å². The summed E-state index contributed by atoms with van der Waals surface area (Å²) in [6.07, 6.45) is 5.51. The van der Waals surface area contributed by atoms with Crippen LogP contribution in [0.5, 0.6) is 11.5 Å². The van der Waals surface area contributed by atoms with Crippen molar-refractivity contribution in [2.75, 3.05) is 13.7 Å². The molecule has 0 aliphatic heterocycles.